The third-order valence-corrected chi connectivity index (χ3v) is 3.92. The molecule has 0 saturated heterocycles. The first-order valence-electron chi connectivity index (χ1n) is 6.77. The van der Waals surface area contributed by atoms with Crippen molar-refractivity contribution in [1.29, 1.82) is 0 Å². The van der Waals surface area contributed by atoms with E-state index in [9.17, 15) is 0 Å². The van der Waals surface area contributed by atoms with Gasteiger partial charge in [-0.2, -0.15) is 0 Å². The van der Waals surface area contributed by atoms with Gasteiger partial charge in [0.15, 0.2) is 0 Å². The molecule has 0 atom stereocenters. The van der Waals surface area contributed by atoms with Gasteiger partial charge in [0.25, 0.3) is 0 Å². The lowest BCUT2D eigenvalue weighted by molar-refractivity contribution is 1.04. The Balaban J connectivity index is 2.18. The van der Waals surface area contributed by atoms with Gasteiger partial charge in [-0.25, -0.2) is 0 Å². The topological polar surface area (TPSA) is 37.3 Å². The van der Waals surface area contributed by atoms with Crippen LogP contribution < -0.4 is 5.32 Å². The smallest absolute Gasteiger partial charge is 0.102 e. The lowest BCUT2D eigenvalue weighted by Crippen LogP contribution is -2.11. The van der Waals surface area contributed by atoms with E-state index in [4.69, 9.17) is 23.8 Å². The molecule has 1 aliphatic rings. The van der Waals surface area contributed by atoms with Crippen LogP contribution in [0.25, 0.3) is 0 Å². The lowest BCUT2D eigenvalue weighted by Gasteiger charge is -2.12. The summed E-state index contributed by atoms with van der Waals surface area (Å²) in [5, 5.41) is 3.93. The molecule has 2 aromatic rings. The van der Waals surface area contributed by atoms with E-state index in [0.717, 1.165) is 34.6 Å². The number of aryl methyl sites for hydroxylation is 1. The Morgan fingerprint density at radius 2 is 2.10 bits per heavy atom. The highest BCUT2D eigenvalue weighted by Gasteiger charge is 2.19. The number of aromatic nitrogens is 1. The Morgan fingerprint density at radius 1 is 1.29 bits per heavy atom. The first-order valence-corrected chi connectivity index (χ1v) is 7.56. The van der Waals surface area contributed by atoms with Gasteiger partial charge in [-0.05, 0) is 18.6 Å². The van der Waals surface area contributed by atoms with E-state index in [0.29, 0.717) is 16.6 Å². The molecule has 0 radical (unpaired) electrons. The van der Waals surface area contributed by atoms with Gasteiger partial charge in [0.1, 0.15) is 4.99 Å². The zero-order chi connectivity index (χ0) is 14.8. The predicted molar refractivity (Wildman–Crippen MR) is 91.8 cm³/mol. The average Bonchev–Trinajstić information content (AvgIpc) is 2.65. The Bertz CT molecular complexity index is 740. The molecule has 21 heavy (non-hydrogen) atoms. The quantitative estimate of drug-likeness (QED) is 0.854. The molecule has 0 unspecified atom stereocenters. The molecule has 0 spiro atoms. The summed E-state index contributed by atoms with van der Waals surface area (Å²) < 4.78 is 0. The second kappa shape index (κ2) is 5.92. The van der Waals surface area contributed by atoms with Crippen molar-refractivity contribution >= 4 is 40.2 Å². The number of hydrogen-bond donors (Lipinski definition) is 1. The Labute approximate surface area is 134 Å². The molecule has 2 heterocycles. The Hall–Kier alpha value is -1.78. The number of halogens is 1. The van der Waals surface area contributed by atoms with Crippen molar-refractivity contribution in [3.8, 4) is 0 Å². The maximum absolute atomic E-state index is 6.32. The van der Waals surface area contributed by atoms with Crippen LogP contribution in [0.4, 0.5) is 5.69 Å². The number of nitrogens with zero attached hydrogens (tertiary/aromatic N) is 2. The lowest BCUT2D eigenvalue weighted by atomic mass is 10.0. The molecular weight excluding hydrogens is 302 g/mol. The van der Waals surface area contributed by atoms with E-state index in [-0.39, 0.29) is 0 Å². The minimum absolute atomic E-state index is 0.450. The van der Waals surface area contributed by atoms with Crippen LogP contribution in [-0.2, 0) is 6.42 Å². The van der Waals surface area contributed by atoms with Crippen LogP contribution >= 0.6 is 23.8 Å². The maximum atomic E-state index is 6.32. The van der Waals surface area contributed by atoms with Crippen LogP contribution in [0.15, 0.2) is 41.5 Å². The number of pyridine rings is 1. The highest BCUT2D eigenvalue weighted by atomic mass is 35.5. The number of nitrogens with one attached hydrogen (secondary N) is 1. The minimum atomic E-state index is 0.450. The SMILES string of the molecule is CCc1cc2c(cn1)C(c1ccccc1Cl)=NCC(=S)N2. The van der Waals surface area contributed by atoms with E-state index in [1.807, 2.05) is 36.5 Å². The summed E-state index contributed by atoms with van der Waals surface area (Å²) in [5.41, 5.74) is 4.63. The van der Waals surface area contributed by atoms with Gasteiger partial charge >= 0.3 is 0 Å². The fourth-order valence-corrected chi connectivity index (χ4v) is 2.69. The van der Waals surface area contributed by atoms with Crippen LogP contribution in [0.3, 0.4) is 0 Å². The molecule has 0 bridgehead atoms. The van der Waals surface area contributed by atoms with Crippen molar-refractivity contribution in [2.45, 2.75) is 13.3 Å². The summed E-state index contributed by atoms with van der Waals surface area (Å²) in [5.74, 6) is 0. The Morgan fingerprint density at radius 3 is 2.86 bits per heavy atom. The molecule has 3 rings (SSSR count). The summed E-state index contributed by atoms with van der Waals surface area (Å²) >= 11 is 11.6. The molecule has 5 heteroatoms. The minimum Gasteiger partial charge on any atom is -0.348 e. The van der Waals surface area contributed by atoms with E-state index in [1.165, 1.54) is 0 Å². The first kappa shape index (κ1) is 14.2. The first-order chi connectivity index (χ1) is 10.2. The second-order valence-electron chi connectivity index (χ2n) is 4.77. The van der Waals surface area contributed by atoms with Gasteiger partial charge in [0.05, 0.1) is 17.9 Å². The molecule has 1 N–H and O–H groups in total. The molecular formula is C16H14ClN3S. The zero-order valence-corrected chi connectivity index (χ0v) is 13.1. The summed E-state index contributed by atoms with van der Waals surface area (Å²) in [4.78, 5) is 9.80. The molecule has 0 fully saturated rings. The van der Waals surface area contributed by atoms with E-state index in [1.54, 1.807) is 0 Å². The van der Waals surface area contributed by atoms with Crippen LogP contribution in [0, 0.1) is 0 Å². The van der Waals surface area contributed by atoms with Crippen molar-refractivity contribution in [2.75, 3.05) is 11.9 Å². The van der Waals surface area contributed by atoms with Gasteiger partial charge < -0.3 is 5.32 Å². The fraction of sp³-hybridized carbons (Fsp3) is 0.188. The second-order valence-corrected chi connectivity index (χ2v) is 5.67. The summed E-state index contributed by atoms with van der Waals surface area (Å²) in [7, 11) is 0. The number of fused-ring (bicyclic) bond motifs is 1. The third kappa shape index (κ3) is 2.82. The number of anilines is 1. The molecule has 0 aliphatic carbocycles. The van der Waals surface area contributed by atoms with Crippen LogP contribution in [0.1, 0.15) is 23.7 Å². The summed E-state index contributed by atoms with van der Waals surface area (Å²) in [6, 6.07) is 9.72. The van der Waals surface area contributed by atoms with Gasteiger partial charge in [-0.1, -0.05) is 48.9 Å². The van der Waals surface area contributed by atoms with Gasteiger partial charge in [0.2, 0.25) is 0 Å². The highest BCUT2D eigenvalue weighted by Crippen LogP contribution is 2.26. The average molecular weight is 316 g/mol. The van der Waals surface area contributed by atoms with Crippen LogP contribution in [0.5, 0.6) is 0 Å². The van der Waals surface area contributed by atoms with E-state index < -0.39 is 0 Å². The summed E-state index contributed by atoms with van der Waals surface area (Å²) in [6.45, 7) is 2.53. The van der Waals surface area contributed by atoms with Crippen LogP contribution in [-0.4, -0.2) is 22.2 Å². The molecule has 1 aliphatic heterocycles. The largest absolute Gasteiger partial charge is 0.348 e. The van der Waals surface area contributed by atoms with Crippen molar-refractivity contribution in [3.63, 3.8) is 0 Å². The van der Waals surface area contributed by atoms with E-state index >= 15 is 0 Å². The van der Waals surface area contributed by atoms with Crippen LogP contribution in [0.2, 0.25) is 5.02 Å². The third-order valence-electron chi connectivity index (χ3n) is 3.36. The van der Waals surface area contributed by atoms with Crippen molar-refractivity contribution in [2.24, 2.45) is 4.99 Å². The monoisotopic (exact) mass is 315 g/mol. The molecule has 106 valence electrons. The van der Waals surface area contributed by atoms with Gasteiger partial charge in [0, 0.05) is 28.0 Å². The molecule has 0 saturated carbocycles. The molecule has 0 amide bonds. The molecule has 3 nitrogen and oxygen atoms in total. The number of benzene rings is 1. The van der Waals surface area contributed by atoms with Gasteiger partial charge in [-0.3, -0.25) is 9.98 Å². The fourth-order valence-electron chi connectivity index (χ4n) is 2.29. The predicted octanol–water partition coefficient (Wildman–Crippen LogP) is 3.89. The zero-order valence-electron chi connectivity index (χ0n) is 11.6. The number of aliphatic imine (C=N–C) groups is 1. The van der Waals surface area contributed by atoms with Crippen molar-refractivity contribution in [1.82, 2.24) is 4.98 Å². The number of hydrogen-bond acceptors (Lipinski definition) is 3. The molecule has 1 aromatic heterocycles. The summed E-state index contributed by atoms with van der Waals surface area (Å²) in [6.07, 6.45) is 2.72. The number of thiocarbonyl (C=S) groups is 1. The standard InChI is InChI=1S/C16H14ClN3S/c1-2-10-7-14-12(8-18-10)16(19-9-15(21)20-14)11-5-3-4-6-13(11)17/h3-8H,2,9H2,1H3,(H,20,21). The maximum Gasteiger partial charge on any atom is 0.102 e. The number of rotatable bonds is 2. The van der Waals surface area contributed by atoms with Gasteiger partial charge in [-0.15, -0.1) is 0 Å². The van der Waals surface area contributed by atoms with Crippen molar-refractivity contribution < 1.29 is 0 Å². The van der Waals surface area contributed by atoms with E-state index in [2.05, 4.69) is 22.2 Å². The highest BCUT2D eigenvalue weighted by molar-refractivity contribution is 7.80. The molecule has 1 aromatic carbocycles. The Kier molecular flexibility index (Phi) is 3.99. The normalized spacial score (nSPS) is 14.0. The van der Waals surface area contributed by atoms with Crippen molar-refractivity contribution in [3.05, 3.63) is 58.4 Å².